The highest BCUT2D eigenvalue weighted by Gasteiger charge is 2.30. The van der Waals surface area contributed by atoms with Crippen molar-refractivity contribution in [2.24, 2.45) is 0 Å². The van der Waals surface area contributed by atoms with E-state index in [0.29, 0.717) is 12.3 Å². The van der Waals surface area contributed by atoms with E-state index in [2.05, 4.69) is 45.1 Å². The molecule has 0 atom stereocenters. The van der Waals surface area contributed by atoms with E-state index >= 15 is 0 Å². The summed E-state index contributed by atoms with van der Waals surface area (Å²) in [6, 6.07) is 12.7. The normalized spacial score (nSPS) is 14.0. The average molecular weight is 312 g/mol. The Hall–Kier alpha value is -1.80. The lowest BCUT2D eigenvalue weighted by Crippen LogP contribution is -2.06. The lowest BCUT2D eigenvalue weighted by Gasteiger charge is -2.09. The highest BCUT2D eigenvalue weighted by atomic mass is 32.2. The van der Waals surface area contributed by atoms with Gasteiger partial charge in [-0.15, -0.1) is 10.2 Å². The maximum absolute atomic E-state index is 8.58. The van der Waals surface area contributed by atoms with Crippen LogP contribution in [0.1, 0.15) is 49.4 Å². The van der Waals surface area contributed by atoms with Crippen molar-refractivity contribution in [2.75, 3.05) is 5.75 Å². The molecule has 0 unspecified atom stereocenters. The molecule has 1 aliphatic carbocycles. The Morgan fingerprint density at radius 2 is 2.00 bits per heavy atom. The van der Waals surface area contributed by atoms with Gasteiger partial charge in [-0.05, 0) is 31.2 Å². The fraction of sp³-hybridized carbons (Fsp3) is 0.471. The summed E-state index contributed by atoms with van der Waals surface area (Å²) >= 11 is 1.76. The number of nitrogens with zero attached hydrogens (tertiary/aromatic N) is 4. The Labute approximate surface area is 135 Å². The van der Waals surface area contributed by atoms with E-state index in [0.717, 1.165) is 36.1 Å². The first-order chi connectivity index (χ1) is 10.9. The predicted molar refractivity (Wildman–Crippen MR) is 87.7 cm³/mol. The fourth-order valence-electron chi connectivity index (χ4n) is 2.43. The second kappa shape index (κ2) is 7.46. The van der Waals surface area contributed by atoms with Crippen LogP contribution < -0.4 is 0 Å². The largest absolute Gasteiger partial charge is 0.301 e. The molecular weight excluding hydrogens is 292 g/mol. The van der Waals surface area contributed by atoms with Crippen molar-refractivity contribution >= 4 is 11.8 Å². The van der Waals surface area contributed by atoms with Gasteiger partial charge in [0.25, 0.3) is 0 Å². The van der Waals surface area contributed by atoms with Crippen LogP contribution in [0.5, 0.6) is 0 Å². The first-order valence-corrected chi connectivity index (χ1v) is 8.84. The second-order valence-electron chi connectivity index (χ2n) is 5.65. The number of unbranched alkanes of at least 4 members (excludes halogenated alkanes) is 2. The Balaban J connectivity index is 1.68. The summed E-state index contributed by atoms with van der Waals surface area (Å²) in [5, 5.41) is 18.4. The van der Waals surface area contributed by atoms with E-state index in [1.54, 1.807) is 11.8 Å². The minimum absolute atomic E-state index is 0.601. The van der Waals surface area contributed by atoms with E-state index in [-0.39, 0.29) is 0 Å². The van der Waals surface area contributed by atoms with Crippen LogP contribution in [0.25, 0.3) is 0 Å². The maximum atomic E-state index is 8.58. The molecule has 22 heavy (non-hydrogen) atoms. The van der Waals surface area contributed by atoms with E-state index in [4.69, 9.17) is 5.26 Å². The smallest absolute Gasteiger partial charge is 0.191 e. The van der Waals surface area contributed by atoms with Crippen LogP contribution in [-0.4, -0.2) is 20.5 Å². The van der Waals surface area contributed by atoms with Gasteiger partial charge in [-0.25, -0.2) is 0 Å². The lowest BCUT2D eigenvalue weighted by atomic mass is 10.2. The zero-order valence-electron chi connectivity index (χ0n) is 12.6. The Bertz CT molecular complexity index is 640. The number of thioether (sulfide) groups is 1. The van der Waals surface area contributed by atoms with E-state index in [1.807, 2.05) is 6.07 Å². The number of hydrogen-bond acceptors (Lipinski definition) is 4. The van der Waals surface area contributed by atoms with Crippen molar-refractivity contribution in [1.29, 1.82) is 5.26 Å². The molecule has 1 aromatic heterocycles. The third-order valence-electron chi connectivity index (χ3n) is 3.79. The molecular formula is C17H20N4S. The zero-order chi connectivity index (χ0) is 15.2. The minimum Gasteiger partial charge on any atom is -0.301 e. The van der Waals surface area contributed by atoms with Crippen LogP contribution in [0.2, 0.25) is 0 Å². The van der Waals surface area contributed by atoms with E-state index < -0.39 is 0 Å². The molecule has 1 saturated carbocycles. The molecule has 0 spiro atoms. The van der Waals surface area contributed by atoms with Gasteiger partial charge in [0.15, 0.2) is 5.16 Å². The van der Waals surface area contributed by atoms with Gasteiger partial charge in [0, 0.05) is 18.1 Å². The van der Waals surface area contributed by atoms with Gasteiger partial charge in [-0.3, -0.25) is 0 Å². The highest BCUT2D eigenvalue weighted by Crippen LogP contribution is 2.40. The molecule has 4 nitrogen and oxygen atoms in total. The molecule has 0 amide bonds. The summed E-state index contributed by atoms with van der Waals surface area (Å²) < 4.78 is 2.28. The van der Waals surface area contributed by atoms with Gasteiger partial charge in [-0.1, -0.05) is 42.1 Å². The second-order valence-corrected chi connectivity index (χ2v) is 6.71. The Morgan fingerprint density at radius 1 is 1.18 bits per heavy atom. The standard InChI is InChI=1S/C17H20N4S/c18-11-5-2-6-12-22-17-20-19-16(15-9-10-15)21(17)13-14-7-3-1-4-8-14/h1,3-4,7-8,15H,2,5-6,9-10,12-13H2. The van der Waals surface area contributed by atoms with Crippen molar-refractivity contribution < 1.29 is 0 Å². The third kappa shape index (κ3) is 3.89. The third-order valence-corrected chi connectivity index (χ3v) is 4.84. The molecule has 0 radical (unpaired) electrons. The number of hydrogen-bond donors (Lipinski definition) is 0. The summed E-state index contributed by atoms with van der Waals surface area (Å²) in [4.78, 5) is 0. The monoisotopic (exact) mass is 312 g/mol. The lowest BCUT2D eigenvalue weighted by molar-refractivity contribution is 0.667. The Morgan fingerprint density at radius 3 is 2.73 bits per heavy atom. The molecule has 0 aliphatic heterocycles. The minimum atomic E-state index is 0.601. The summed E-state index contributed by atoms with van der Waals surface area (Å²) in [6.45, 7) is 0.847. The molecule has 1 aliphatic rings. The molecule has 1 fully saturated rings. The van der Waals surface area contributed by atoms with Crippen molar-refractivity contribution in [2.45, 2.75) is 49.7 Å². The van der Waals surface area contributed by atoms with Gasteiger partial charge < -0.3 is 4.57 Å². The predicted octanol–water partition coefficient (Wildman–Crippen LogP) is 3.99. The van der Waals surface area contributed by atoms with Gasteiger partial charge in [-0.2, -0.15) is 5.26 Å². The van der Waals surface area contributed by atoms with Gasteiger partial charge in [0.2, 0.25) is 0 Å². The zero-order valence-corrected chi connectivity index (χ0v) is 13.4. The van der Waals surface area contributed by atoms with Crippen LogP contribution >= 0.6 is 11.8 Å². The molecule has 1 aromatic carbocycles. The van der Waals surface area contributed by atoms with Crippen LogP contribution in [-0.2, 0) is 6.54 Å². The van der Waals surface area contributed by atoms with E-state index in [9.17, 15) is 0 Å². The molecule has 5 heteroatoms. The van der Waals surface area contributed by atoms with Gasteiger partial charge >= 0.3 is 0 Å². The fourth-order valence-corrected chi connectivity index (χ4v) is 3.38. The van der Waals surface area contributed by atoms with Crippen LogP contribution in [0.3, 0.4) is 0 Å². The molecule has 3 rings (SSSR count). The molecule has 0 N–H and O–H groups in total. The molecule has 0 bridgehead atoms. The number of nitriles is 1. The Kier molecular flexibility index (Phi) is 5.12. The van der Waals surface area contributed by atoms with Gasteiger partial charge in [0.1, 0.15) is 5.82 Å². The van der Waals surface area contributed by atoms with Crippen molar-refractivity contribution in [3.05, 3.63) is 41.7 Å². The topological polar surface area (TPSA) is 54.5 Å². The maximum Gasteiger partial charge on any atom is 0.191 e. The summed E-state index contributed by atoms with van der Waals surface area (Å²) in [7, 11) is 0. The van der Waals surface area contributed by atoms with Crippen molar-refractivity contribution in [3.8, 4) is 6.07 Å². The number of benzene rings is 1. The molecule has 2 aromatic rings. The van der Waals surface area contributed by atoms with Crippen LogP contribution in [0.15, 0.2) is 35.5 Å². The molecule has 1 heterocycles. The van der Waals surface area contributed by atoms with Crippen LogP contribution in [0.4, 0.5) is 0 Å². The van der Waals surface area contributed by atoms with Crippen LogP contribution in [0, 0.1) is 11.3 Å². The van der Waals surface area contributed by atoms with Gasteiger partial charge in [0.05, 0.1) is 12.6 Å². The SMILES string of the molecule is N#CCCCCSc1nnc(C2CC2)n1Cc1ccccc1. The molecule has 0 saturated heterocycles. The highest BCUT2D eigenvalue weighted by molar-refractivity contribution is 7.99. The molecule has 114 valence electrons. The first kappa shape index (κ1) is 15.1. The van der Waals surface area contributed by atoms with Crippen molar-refractivity contribution in [3.63, 3.8) is 0 Å². The van der Waals surface area contributed by atoms with Crippen molar-refractivity contribution in [1.82, 2.24) is 14.8 Å². The average Bonchev–Trinajstić information content (AvgIpc) is 3.32. The first-order valence-electron chi connectivity index (χ1n) is 7.85. The number of aromatic nitrogens is 3. The summed E-state index contributed by atoms with van der Waals surface area (Å²) in [5.41, 5.74) is 1.29. The van der Waals surface area contributed by atoms with E-state index in [1.165, 1.54) is 18.4 Å². The number of rotatable bonds is 8. The summed E-state index contributed by atoms with van der Waals surface area (Å²) in [6.07, 6.45) is 5.13. The summed E-state index contributed by atoms with van der Waals surface area (Å²) in [5.74, 6) is 2.74. The quantitative estimate of drug-likeness (QED) is 0.546.